The van der Waals surface area contributed by atoms with Gasteiger partial charge in [0.1, 0.15) is 0 Å². The van der Waals surface area contributed by atoms with Crippen molar-refractivity contribution in [1.29, 1.82) is 0 Å². The third kappa shape index (κ3) is 4.33. The Morgan fingerprint density at radius 1 is 1.57 bits per heavy atom. The van der Waals surface area contributed by atoms with E-state index in [1.54, 1.807) is 6.20 Å². The first-order chi connectivity index (χ1) is 6.72. The fourth-order valence-corrected chi connectivity index (χ4v) is 2.10. The van der Waals surface area contributed by atoms with Crippen molar-refractivity contribution >= 4 is 33.4 Å². The maximum absolute atomic E-state index is 4.10. The number of anilines is 1. The van der Waals surface area contributed by atoms with Gasteiger partial charge in [-0.3, -0.25) is 4.98 Å². The Hall–Kier alpha value is -0.220. The third-order valence-electron chi connectivity index (χ3n) is 1.87. The Balaban J connectivity index is 2.43. The van der Waals surface area contributed by atoms with Crippen molar-refractivity contribution in [3.63, 3.8) is 0 Å². The normalized spacial score (nSPS) is 12.5. The first-order valence-corrected chi connectivity index (χ1v) is 6.77. The lowest BCUT2D eigenvalue weighted by molar-refractivity contribution is 0.771. The van der Waals surface area contributed by atoms with E-state index < -0.39 is 0 Å². The van der Waals surface area contributed by atoms with Crippen molar-refractivity contribution in [2.24, 2.45) is 0 Å². The van der Waals surface area contributed by atoms with Gasteiger partial charge in [-0.05, 0) is 47.3 Å². The van der Waals surface area contributed by atoms with Crippen molar-refractivity contribution in [3.8, 4) is 0 Å². The zero-order valence-corrected chi connectivity index (χ0v) is 10.9. The Morgan fingerprint density at radius 3 is 3.00 bits per heavy atom. The summed E-state index contributed by atoms with van der Waals surface area (Å²) in [4.78, 5) is 4.10. The molecule has 0 aliphatic rings. The quantitative estimate of drug-likeness (QED) is 0.891. The molecular formula is C10H15BrN2S. The van der Waals surface area contributed by atoms with Crippen LogP contribution >= 0.6 is 27.7 Å². The van der Waals surface area contributed by atoms with Crippen LogP contribution in [0.5, 0.6) is 0 Å². The fourth-order valence-electron chi connectivity index (χ4n) is 1.14. The Morgan fingerprint density at radius 2 is 2.36 bits per heavy atom. The van der Waals surface area contributed by atoms with Gasteiger partial charge in [0.2, 0.25) is 0 Å². The summed E-state index contributed by atoms with van der Waals surface area (Å²) in [6, 6.07) is 2.54. The molecule has 1 heterocycles. The standard InChI is InChI=1S/C10H15BrN2S/c1-8(3-4-14-2)13-10-5-9(11)6-12-7-10/h5-8,13H,3-4H2,1-2H3. The highest BCUT2D eigenvalue weighted by Crippen LogP contribution is 2.15. The maximum Gasteiger partial charge on any atom is 0.0540 e. The smallest absolute Gasteiger partial charge is 0.0540 e. The van der Waals surface area contributed by atoms with Crippen molar-refractivity contribution in [2.75, 3.05) is 17.3 Å². The van der Waals surface area contributed by atoms with E-state index in [4.69, 9.17) is 0 Å². The summed E-state index contributed by atoms with van der Waals surface area (Å²) in [5, 5.41) is 3.41. The van der Waals surface area contributed by atoms with Gasteiger partial charge >= 0.3 is 0 Å². The Kier molecular flexibility index (Phi) is 5.33. The fraction of sp³-hybridized carbons (Fsp3) is 0.500. The molecule has 0 aliphatic heterocycles. The number of pyridine rings is 1. The van der Waals surface area contributed by atoms with E-state index in [-0.39, 0.29) is 0 Å². The van der Waals surface area contributed by atoms with Crippen LogP contribution < -0.4 is 5.32 Å². The highest BCUT2D eigenvalue weighted by atomic mass is 79.9. The SMILES string of the molecule is CSCCC(C)Nc1cncc(Br)c1. The number of nitrogens with zero attached hydrogens (tertiary/aromatic N) is 1. The number of aromatic nitrogens is 1. The van der Waals surface area contributed by atoms with Gasteiger partial charge < -0.3 is 5.32 Å². The van der Waals surface area contributed by atoms with Gasteiger partial charge in [0, 0.05) is 16.7 Å². The lowest BCUT2D eigenvalue weighted by Gasteiger charge is -2.14. The van der Waals surface area contributed by atoms with E-state index >= 15 is 0 Å². The number of thioether (sulfide) groups is 1. The minimum Gasteiger partial charge on any atom is -0.381 e. The van der Waals surface area contributed by atoms with Crippen LogP contribution in [-0.4, -0.2) is 23.0 Å². The van der Waals surface area contributed by atoms with Gasteiger partial charge in [0.25, 0.3) is 0 Å². The van der Waals surface area contributed by atoms with Crippen molar-refractivity contribution in [1.82, 2.24) is 4.98 Å². The van der Waals surface area contributed by atoms with Crippen LogP contribution in [0.1, 0.15) is 13.3 Å². The van der Waals surface area contributed by atoms with Gasteiger partial charge in [-0.25, -0.2) is 0 Å². The second kappa shape index (κ2) is 6.30. The molecule has 78 valence electrons. The molecule has 1 rings (SSSR count). The highest BCUT2D eigenvalue weighted by molar-refractivity contribution is 9.10. The second-order valence-corrected chi connectivity index (χ2v) is 5.12. The monoisotopic (exact) mass is 274 g/mol. The first kappa shape index (κ1) is 11.9. The van der Waals surface area contributed by atoms with E-state index in [2.05, 4.69) is 39.4 Å². The van der Waals surface area contributed by atoms with E-state index in [0.29, 0.717) is 6.04 Å². The molecule has 1 aromatic heterocycles. The molecule has 1 atom stereocenters. The van der Waals surface area contributed by atoms with Crippen LogP contribution in [0.2, 0.25) is 0 Å². The minimum absolute atomic E-state index is 0.499. The molecule has 4 heteroatoms. The molecule has 0 aromatic carbocycles. The van der Waals surface area contributed by atoms with Crippen LogP contribution in [0.3, 0.4) is 0 Å². The second-order valence-electron chi connectivity index (χ2n) is 3.22. The average molecular weight is 275 g/mol. The van der Waals surface area contributed by atoms with Crippen molar-refractivity contribution < 1.29 is 0 Å². The van der Waals surface area contributed by atoms with Crippen molar-refractivity contribution in [2.45, 2.75) is 19.4 Å². The summed E-state index contributed by atoms with van der Waals surface area (Å²) in [6.45, 7) is 2.19. The molecule has 1 aromatic rings. The molecule has 0 aliphatic carbocycles. The number of halogens is 1. The largest absolute Gasteiger partial charge is 0.381 e. The molecular weight excluding hydrogens is 260 g/mol. The molecule has 1 N–H and O–H groups in total. The van der Waals surface area contributed by atoms with Crippen LogP contribution in [-0.2, 0) is 0 Å². The van der Waals surface area contributed by atoms with Crippen LogP contribution in [0, 0.1) is 0 Å². The summed E-state index contributed by atoms with van der Waals surface area (Å²) < 4.78 is 1.01. The summed E-state index contributed by atoms with van der Waals surface area (Å²) in [5.41, 5.74) is 1.08. The van der Waals surface area contributed by atoms with Gasteiger partial charge in [0.05, 0.1) is 11.9 Å². The zero-order valence-electron chi connectivity index (χ0n) is 8.46. The van der Waals surface area contributed by atoms with Gasteiger partial charge in [0.15, 0.2) is 0 Å². The van der Waals surface area contributed by atoms with Gasteiger partial charge in [-0.2, -0.15) is 11.8 Å². The van der Waals surface area contributed by atoms with Gasteiger partial charge in [-0.1, -0.05) is 0 Å². The molecule has 2 nitrogen and oxygen atoms in total. The molecule has 1 unspecified atom stereocenters. The summed E-state index contributed by atoms with van der Waals surface area (Å²) >= 11 is 5.28. The highest BCUT2D eigenvalue weighted by Gasteiger charge is 2.01. The molecule has 0 spiro atoms. The summed E-state index contributed by atoms with van der Waals surface area (Å²) in [6.07, 6.45) is 6.94. The molecule has 14 heavy (non-hydrogen) atoms. The molecule has 0 saturated carbocycles. The topological polar surface area (TPSA) is 24.9 Å². The predicted octanol–water partition coefficient (Wildman–Crippen LogP) is 3.40. The summed E-state index contributed by atoms with van der Waals surface area (Å²) in [5.74, 6) is 1.19. The third-order valence-corrected chi connectivity index (χ3v) is 2.95. The molecule has 0 fully saturated rings. The van der Waals surface area contributed by atoms with Crippen LogP contribution in [0.4, 0.5) is 5.69 Å². The Bertz CT molecular complexity index is 281. The predicted molar refractivity (Wildman–Crippen MR) is 68.0 cm³/mol. The molecule has 0 bridgehead atoms. The van der Waals surface area contributed by atoms with Crippen LogP contribution in [0.15, 0.2) is 22.9 Å². The van der Waals surface area contributed by atoms with E-state index in [1.165, 1.54) is 12.2 Å². The molecule has 0 radical (unpaired) electrons. The maximum atomic E-state index is 4.10. The first-order valence-electron chi connectivity index (χ1n) is 4.58. The van der Waals surface area contributed by atoms with Crippen molar-refractivity contribution in [3.05, 3.63) is 22.9 Å². The number of rotatable bonds is 5. The van der Waals surface area contributed by atoms with Gasteiger partial charge in [-0.15, -0.1) is 0 Å². The van der Waals surface area contributed by atoms with E-state index in [9.17, 15) is 0 Å². The lowest BCUT2D eigenvalue weighted by Crippen LogP contribution is -2.15. The lowest BCUT2D eigenvalue weighted by atomic mass is 10.2. The number of nitrogens with one attached hydrogen (secondary N) is 1. The zero-order chi connectivity index (χ0) is 10.4. The molecule has 0 saturated heterocycles. The van der Waals surface area contributed by atoms with E-state index in [1.807, 2.05) is 24.0 Å². The minimum atomic E-state index is 0.499. The number of hydrogen-bond acceptors (Lipinski definition) is 3. The van der Waals surface area contributed by atoms with E-state index in [0.717, 1.165) is 10.2 Å². The average Bonchev–Trinajstić information content (AvgIpc) is 2.15. The number of hydrogen-bond donors (Lipinski definition) is 1. The Labute approximate surface area is 98.0 Å². The summed E-state index contributed by atoms with van der Waals surface area (Å²) in [7, 11) is 0. The molecule has 0 amide bonds. The van der Waals surface area contributed by atoms with Crippen LogP contribution in [0.25, 0.3) is 0 Å².